The van der Waals surface area contributed by atoms with Crippen molar-refractivity contribution in [3.63, 3.8) is 0 Å². The van der Waals surface area contributed by atoms with E-state index in [4.69, 9.17) is 0 Å². The summed E-state index contributed by atoms with van der Waals surface area (Å²) in [5.74, 6) is 1.20. The lowest BCUT2D eigenvalue weighted by atomic mass is 9.94. The van der Waals surface area contributed by atoms with Gasteiger partial charge in [-0.25, -0.2) is 9.59 Å². The molecule has 0 saturated carbocycles. The fourth-order valence-electron chi connectivity index (χ4n) is 2.90. The van der Waals surface area contributed by atoms with Crippen LogP contribution in [0, 0.1) is 0 Å². The van der Waals surface area contributed by atoms with Gasteiger partial charge in [-0.05, 0) is 35.8 Å². The summed E-state index contributed by atoms with van der Waals surface area (Å²) < 4.78 is 0. The third-order valence-corrected chi connectivity index (χ3v) is 5.20. The standard InChI is InChI=1S/C15H18N2O3S/c18-14(19)13-3-1-2-10-8-17(6-4-12(10)13)15(20)16-11-5-7-21-9-11/h1-3,11H,4-9H2,(H,16,20)(H,18,19). The highest BCUT2D eigenvalue weighted by molar-refractivity contribution is 7.99. The summed E-state index contributed by atoms with van der Waals surface area (Å²) in [6.45, 7) is 1.06. The van der Waals surface area contributed by atoms with Crippen LogP contribution in [0.2, 0.25) is 0 Å². The summed E-state index contributed by atoms with van der Waals surface area (Å²) in [6.07, 6.45) is 1.63. The minimum absolute atomic E-state index is 0.0334. The largest absolute Gasteiger partial charge is 0.478 e. The molecule has 0 bridgehead atoms. The lowest BCUT2D eigenvalue weighted by Gasteiger charge is -2.30. The van der Waals surface area contributed by atoms with Gasteiger partial charge >= 0.3 is 12.0 Å². The van der Waals surface area contributed by atoms with Gasteiger partial charge < -0.3 is 15.3 Å². The van der Waals surface area contributed by atoms with Gasteiger partial charge in [0.2, 0.25) is 0 Å². The van der Waals surface area contributed by atoms with Gasteiger partial charge in [-0.3, -0.25) is 0 Å². The van der Waals surface area contributed by atoms with Gasteiger partial charge in [0.05, 0.1) is 5.56 Å². The maximum atomic E-state index is 12.3. The normalized spacial score (nSPS) is 21.0. The minimum atomic E-state index is -0.896. The molecule has 0 aliphatic carbocycles. The molecule has 1 atom stereocenters. The smallest absolute Gasteiger partial charge is 0.335 e. The predicted molar refractivity (Wildman–Crippen MR) is 81.8 cm³/mol. The number of carbonyl (C=O) groups is 2. The molecular weight excluding hydrogens is 288 g/mol. The van der Waals surface area contributed by atoms with Crippen LogP contribution in [0.5, 0.6) is 0 Å². The first-order valence-corrected chi connectivity index (χ1v) is 8.28. The van der Waals surface area contributed by atoms with Crippen LogP contribution in [0.15, 0.2) is 18.2 Å². The van der Waals surface area contributed by atoms with Gasteiger partial charge in [0, 0.05) is 24.9 Å². The molecule has 3 rings (SSSR count). The van der Waals surface area contributed by atoms with Gasteiger partial charge in [0.15, 0.2) is 0 Å². The Morgan fingerprint density at radius 2 is 2.24 bits per heavy atom. The molecule has 21 heavy (non-hydrogen) atoms. The average molecular weight is 306 g/mol. The van der Waals surface area contributed by atoms with Crippen LogP contribution in [0.4, 0.5) is 4.79 Å². The minimum Gasteiger partial charge on any atom is -0.478 e. The number of amides is 2. The first-order chi connectivity index (χ1) is 10.1. The fourth-order valence-corrected chi connectivity index (χ4v) is 4.05. The summed E-state index contributed by atoms with van der Waals surface area (Å²) in [4.78, 5) is 25.3. The van der Waals surface area contributed by atoms with Crippen LogP contribution >= 0.6 is 11.8 Å². The van der Waals surface area contributed by atoms with Crippen LogP contribution in [-0.4, -0.2) is 46.1 Å². The number of aromatic carboxylic acids is 1. The maximum Gasteiger partial charge on any atom is 0.335 e. The summed E-state index contributed by atoms with van der Waals surface area (Å²) in [6, 6.07) is 5.53. The molecule has 0 spiro atoms. The van der Waals surface area contributed by atoms with E-state index in [0.717, 1.165) is 29.1 Å². The van der Waals surface area contributed by atoms with E-state index >= 15 is 0 Å². The monoisotopic (exact) mass is 306 g/mol. The van der Waals surface area contributed by atoms with E-state index in [1.807, 2.05) is 17.8 Å². The molecule has 0 aromatic heterocycles. The number of rotatable bonds is 2. The number of nitrogens with one attached hydrogen (secondary N) is 1. The zero-order valence-corrected chi connectivity index (χ0v) is 12.5. The zero-order chi connectivity index (χ0) is 14.8. The van der Waals surface area contributed by atoms with E-state index in [-0.39, 0.29) is 12.1 Å². The highest BCUT2D eigenvalue weighted by Crippen LogP contribution is 2.23. The third kappa shape index (κ3) is 3.00. The molecular formula is C15H18N2O3S. The summed E-state index contributed by atoms with van der Waals surface area (Å²) in [5.41, 5.74) is 2.17. The van der Waals surface area contributed by atoms with Crippen molar-refractivity contribution in [2.75, 3.05) is 18.1 Å². The van der Waals surface area contributed by atoms with Crippen LogP contribution in [0.1, 0.15) is 27.9 Å². The number of nitrogens with zero attached hydrogens (tertiary/aromatic N) is 1. The van der Waals surface area contributed by atoms with E-state index in [1.165, 1.54) is 0 Å². The van der Waals surface area contributed by atoms with Crippen LogP contribution in [-0.2, 0) is 13.0 Å². The molecule has 2 aliphatic rings. The Morgan fingerprint density at radius 3 is 2.95 bits per heavy atom. The molecule has 2 N–H and O–H groups in total. The Labute approximate surface area is 127 Å². The highest BCUT2D eigenvalue weighted by atomic mass is 32.2. The van der Waals surface area contributed by atoms with E-state index in [0.29, 0.717) is 25.1 Å². The summed E-state index contributed by atoms with van der Waals surface area (Å²) in [5, 5.41) is 12.3. The molecule has 1 unspecified atom stereocenters. The molecule has 112 valence electrons. The summed E-state index contributed by atoms with van der Waals surface area (Å²) >= 11 is 1.87. The molecule has 2 aliphatic heterocycles. The van der Waals surface area contributed by atoms with Gasteiger partial charge in [-0.2, -0.15) is 11.8 Å². The molecule has 1 fully saturated rings. The number of fused-ring (bicyclic) bond motifs is 1. The Kier molecular flexibility index (Phi) is 4.05. The number of urea groups is 1. The number of thioether (sulfide) groups is 1. The number of carboxylic acid groups (broad SMARTS) is 1. The Hall–Kier alpha value is -1.69. The van der Waals surface area contributed by atoms with Crippen molar-refractivity contribution in [3.8, 4) is 0 Å². The Morgan fingerprint density at radius 1 is 1.38 bits per heavy atom. The van der Waals surface area contributed by atoms with E-state index < -0.39 is 5.97 Å². The molecule has 2 amide bonds. The lowest BCUT2D eigenvalue weighted by Crippen LogP contribution is -2.46. The first-order valence-electron chi connectivity index (χ1n) is 7.12. The fraction of sp³-hybridized carbons (Fsp3) is 0.467. The second kappa shape index (κ2) is 5.97. The van der Waals surface area contributed by atoms with Gasteiger partial charge in [0.1, 0.15) is 0 Å². The van der Waals surface area contributed by atoms with Crippen molar-refractivity contribution < 1.29 is 14.7 Å². The molecule has 1 saturated heterocycles. The molecule has 1 aromatic carbocycles. The van der Waals surface area contributed by atoms with Crippen LogP contribution in [0.3, 0.4) is 0 Å². The second-order valence-electron chi connectivity index (χ2n) is 5.43. The van der Waals surface area contributed by atoms with Crippen molar-refractivity contribution in [2.24, 2.45) is 0 Å². The molecule has 1 aromatic rings. The van der Waals surface area contributed by atoms with Crippen molar-refractivity contribution in [1.82, 2.24) is 10.2 Å². The van der Waals surface area contributed by atoms with E-state index in [1.54, 1.807) is 17.0 Å². The second-order valence-corrected chi connectivity index (χ2v) is 6.58. The highest BCUT2D eigenvalue weighted by Gasteiger charge is 2.26. The van der Waals surface area contributed by atoms with Gasteiger partial charge in [-0.1, -0.05) is 12.1 Å². The van der Waals surface area contributed by atoms with Crippen molar-refractivity contribution in [1.29, 1.82) is 0 Å². The number of hydrogen-bond acceptors (Lipinski definition) is 3. The Bertz CT molecular complexity index is 570. The number of benzene rings is 1. The van der Waals surface area contributed by atoms with E-state index in [2.05, 4.69) is 5.32 Å². The third-order valence-electron chi connectivity index (χ3n) is 4.04. The average Bonchev–Trinajstić information content (AvgIpc) is 2.98. The lowest BCUT2D eigenvalue weighted by molar-refractivity contribution is 0.0695. The first kappa shape index (κ1) is 14.3. The quantitative estimate of drug-likeness (QED) is 0.876. The topological polar surface area (TPSA) is 69.6 Å². The van der Waals surface area contributed by atoms with Crippen LogP contribution < -0.4 is 5.32 Å². The molecule has 5 nitrogen and oxygen atoms in total. The number of carbonyl (C=O) groups excluding carboxylic acids is 1. The Balaban J connectivity index is 1.71. The van der Waals surface area contributed by atoms with Crippen molar-refractivity contribution in [2.45, 2.75) is 25.4 Å². The van der Waals surface area contributed by atoms with Crippen molar-refractivity contribution in [3.05, 3.63) is 34.9 Å². The van der Waals surface area contributed by atoms with E-state index in [9.17, 15) is 14.7 Å². The molecule has 0 radical (unpaired) electrons. The number of carboxylic acids is 1. The maximum absolute atomic E-state index is 12.3. The zero-order valence-electron chi connectivity index (χ0n) is 11.7. The predicted octanol–water partition coefficient (Wildman–Crippen LogP) is 1.96. The van der Waals surface area contributed by atoms with Crippen molar-refractivity contribution >= 4 is 23.8 Å². The molecule has 6 heteroatoms. The van der Waals surface area contributed by atoms with Crippen LogP contribution in [0.25, 0.3) is 0 Å². The molecule has 2 heterocycles. The number of hydrogen-bond donors (Lipinski definition) is 2. The van der Waals surface area contributed by atoms with Gasteiger partial charge in [0.25, 0.3) is 0 Å². The summed E-state index contributed by atoms with van der Waals surface area (Å²) in [7, 11) is 0. The SMILES string of the molecule is O=C(O)c1cccc2c1CCN(C(=O)NC1CCSC1)C2. The van der Waals surface area contributed by atoms with Gasteiger partial charge in [-0.15, -0.1) is 0 Å².